The zero-order chi connectivity index (χ0) is 24.8. The van der Waals surface area contributed by atoms with Crippen molar-refractivity contribution < 1.29 is 14.3 Å². The Morgan fingerprint density at radius 3 is 2.80 bits per heavy atom. The average Bonchev–Trinajstić information content (AvgIpc) is 3.25. The molecule has 1 aromatic rings. The van der Waals surface area contributed by atoms with Gasteiger partial charge in [0, 0.05) is 26.2 Å². The minimum atomic E-state index is -0.932. The van der Waals surface area contributed by atoms with Crippen molar-refractivity contribution in [2.45, 2.75) is 70.0 Å². The van der Waals surface area contributed by atoms with Crippen LogP contribution in [0.1, 0.15) is 56.1 Å². The molecule has 1 saturated carbocycles. The number of carbonyl (C=O) groups excluding carboxylic acids is 2. The van der Waals surface area contributed by atoms with Crippen LogP contribution in [-0.4, -0.2) is 66.2 Å². The van der Waals surface area contributed by atoms with Crippen molar-refractivity contribution in [1.29, 1.82) is 5.26 Å². The molecule has 0 spiro atoms. The number of hydrogen-bond acceptors (Lipinski definition) is 5. The van der Waals surface area contributed by atoms with Crippen LogP contribution in [-0.2, 0) is 16.1 Å². The predicted octanol–water partition coefficient (Wildman–Crippen LogP) is 2.95. The molecule has 2 heterocycles. The number of nitrogens with zero attached hydrogens (tertiary/aromatic N) is 3. The van der Waals surface area contributed by atoms with Gasteiger partial charge in [0.2, 0.25) is 5.91 Å². The van der Waals surface area contributed by atoms with Gasteiger partial charge in [0.1, 0.15) is 5.54 Å². The number of amides is 3. The van der Waals surface area contributed by atoms with E-state index in [0.717, 1.165) is 25.9 Å². The zero-order valence-corrected chi connectivity index (χ0v) is 20.9. The number of nitrogens with one attached hydrogen (secondary N) is 1. The summed E-state index contributed by atoms with van der Waals surface area (Å²) < 4.78 is 5.69. The highest BCUT2D eigenvalue weighted by molar-refractivity contribution is 5.82. The maximum atomic E-state index is 13.8. The Labute approximate surface area is 208 Å². The third-order valence-electron chi connectivity index (χ3n) is 7.98. The van der Waals surface area contributed by atoms with Gasteiger partial charge in [-0.2, -0.15) is 5.26 Å². The molecule has 0 radical (unpaired) electrons. The number of rotatable bonds is 7. The third-order valence-corrected chi connectivity index (χ3v) is 7.98. The number of nitrogens with two attached hydrogens (primary N) is 1. The monoisotopic (exact) mass is 481 g/mol. The van der Waals surface area contributed by atoms with Gasteiger partial charge < -0.3 is 20.7 Å². The van der Waals surface area contributed by atoms with E-state index >= 15 is 0 Å². The van der Waals surface area contributed by atoms with Gasteiger partial charge in [0.05, 0.1) is 31.2 Å². The van der Waals surface area contributed by atoms with Crippen LogP contribution in [0, 0.1) is 30.1 Å². The van der Waals surface area contributed by atoms with Crippen LogP contribution in [0.25, 0.3) is 0 Å². The third kappa shape index (κ3) is 6.33. The first kappa shape index (κ1) is 25.5. The first-order valence-corrected chi connectivity index (χ1v) is 13.0. The minimum absolute atomic E-state index is 0.156. The van der Waals surface area contributed by atoms with Gasteiger partial charge in [-0.1, -0.05) is 61.9 Å². The summed E-state index contributed by atoms with van der Waals surface area (Å²) in [6, 6.07) is 9.89. The lowest BCUT2D eigenvalue weighted by molar-refractivity contribution is -0.131. The van der Waals surface area contributed by atoms with Gasteiger partial charge in [0.25, 0.3) is 0 Å². The molecule has 3 N–H and O–H groups in total. The lowest BCUT2D eigenvalue weighted by Crippen LogP contribution is -2.59. The Morgan fingerprint density at radius 2 is 2.09 bits per heavy atom. The normalized spacial score (nSPS) is 26.7. The molecule has 4 rings (SSSR count). The molecule has 0 bridgehead atoms. The minimum Gasteiger partial charge on any atom is -0.377 e. The summed E-state index contributed by atoms with van der Waals surface area (Å²) in [6.45, 7) is 5.17. The molecular weight excluding hydrogens is 442 g/mol. The van der Waals surface area contributed by atoms with Crippen LogP contribution in [0.3, 0.4) is 0 Å². The van der Waals surface area contributed by atoms with Crippen molar-refractivity contribution in [1.82, 2.24) is 15.1 Å². The molecule has 2 aliphatic heterocycles. The summed E-state index contributed by atoms with van der Waals surface area (Å²) in [5.41, 5.74) is 7.17. The SMILES string of the molecule is Cc1cccc(CN2CCC(C#N)(NC(=O)C(CC3CCCCC3)C3COCCN3C(N)=O)C2)c1. The summed E-state index contributed by atoms with van der Waals surface area (Å²) in [6.07, 6.45) is 7.06. The Morgan fingerprint density at radius 1 is 1.29 bits per heavy atom. The van der Waals surface area contributed by atoms with Crippen LogP contribution in [0.15, 0.2) is 24.3 Å². The molecule has 8 nitrogen and oxygen atoms in total. The number of hydrogen-bond donors (Lipinski definition) is 2. The second kappa shape index (κ2) is 11.4. The Hall–Kier alpha value is -2.63. The molecule has 3 atom stereocenters. The largest absolute Gasteiger partial charge is 0.377 e. The van der Waals surface area contributed by atoms with Crippen molar-refractivity contribution in [2.24, 2.45) is 17.6 Å². The molecule has 1 aliphatic carbocycles. The van der Waals surface area contributed by atoms with Gasteiger partial charge in [-0.3, -0.25) is 9.69 Å². The molecule has 1 aromatic carbocycles. The summed E-state index contributed by atoms with van der Waals surface area (Å²) in [5, 5.41) is 13.3. The number of primary amides is 1. The van der Waals surface area contributed by atoms with Crippen LogP contribution in [0.2, 0.25) is 0 Å². The van der Waals surface area contributed by atoms with Crippen LogP contribution >= 0.6 is 0 Å². The van der Waals surface area contributed by atoms with E-state index in [9.17, 15) is 14.9 Å². The summed E-state index contributed by atoms with van der Waals surface area (Å²) in [7, 11) is 0. The highest BCUT2D eigenvalue weighted by Gasteiger charge is 2.44. The van der Waals surface area contributed by atoms with Crippen molar-refractivity contribution in [2.75, 3.05) is 32.8 Å². The maximum Gasteiger partial charge on any atom is 0.315 e. The molecule has 3 aliphatic rings. The molecule has 0 aromatic heterocycles. The second-order valence-corrected chi connectivity index (χ2v) is 10.7. The predicted molar refractivity (Wildman–Crippen MR) is 133 cm³/mol. The first-order chi connectivity index (χ1) is 16.9. The molecule has 190 valence electrons. The first-order valence-electron chi connectivity index (χ1n) is 13.0. The van der Waals surface area contributed by atoms with Crippen molar-refractivity contribution in [3.05, 3.63) is 35.4 Å². The Balaban J connectivity index is 1.48. The van der Waals surface area contributed by atoms with E-state index in [4.69, 9.17) is 10.5 Å². The number of aryl methyl sites for hydroxylation is 1. The second-order valence-electron chi connectivity index (χ2n) is 10.7. The number of benzene rings is 1. The fourth-order valence-electron chi connectivity index (χ4n) is 6.09. The van der Waals surface area contributed by atoms with Gasteiger partial charge in [-0.25, -0.2) is 4.79 Å². The average molecular weight is 482 g/mol. The van der Waals surface area contributed by atoms with E-state index in [0.29, 0.717) is 45.1 Å². The molecule has 8 heteroatoms. The van der Waals surface area contributed by atoms with Gasteiger partial charge in [0.15, 0.2) is 0 Å². The molecule has 3 amide bonds. The number of ether oxygens (including phenoxy) is 1. The number of urea groups is 1. The maximum absolute atomic E-state index is 13.8. The molecular formula is C27H39N5O3. The van der Waals surface area contributed by atoms with Gasteiger partial charge >= 0.3 is 6.03 Å². The Bertz CT molecular complexity index is 941. The fraction of sp³-hybridized carbons (Fsp3) is 0.667. The topological polar surface area (TPSA) is 112 Å². The number of nitriles is 1. The van der Waals surface area contributed by atoms with E-state index in [1.807, 2.05) is 6.07 Å². The smallest absolute Gasteiger partial charge is 0.315 e. The quantitative estimate of drug-likeness (QED) is 0.622. The summed E-state index contributed by atoms with van der Waals surface area (Å²) in [5.74, 6) is -0.159. The van der Waals surface area contributed by atoms with E-state index in [-0.39, 0.29) is 5.91 Å². The number of morpholine rings is 1. The number of likely N-dealkylation sites (tertiary alicyclic amines) is 1. The molecule has 3 fully saturated rings. The van der Waals surface area contributed by atoms with Crippen LogP contribution in [0.4, 0.5) is 4.79 Å². The van der Waals surface area contributed by atoms with Crippen LogP contribution in [0.5, 0.6) is 0 Å². The highest BCUT2D eigenvalue weighted by Crippen LogP contribution is 2.33. The van der Waals surface area contributed by atoms with E-state index < -0.39 is 23.5 Å². The van der Waals surface area contributed by atoms with Crippen molar-refractivity contribution >= 4 is 11.9 Å². The Kier molecular flexibility index (Phi) is 8.30. The van der Waals surface area contributed by atoms with Crippen molar-refractivity contribution in [3.63, 3.8) is 0 Å². The van der Waals surface area contributed by atoms with E-state index in [1.54, 1.807) is 4.90 Å². The van der Waals surface area contributed by atoms with E-state index in [1.165, 1.54) is 30.4 Å². The highest BCUT2D eigenvalue weighted by atomic mass is 16.5. The standard InChI is InChI=1S/C27H39N5O3/c1-20-6-5-9-22(14-20)16-31-11-10-27(18-28,19-31)30-25(33)23(15-21-7-3-2-4-8-21)24-17-35-13-12-32(24)26(29)34/h5-6,9,14,21,23-24H,2-4,7-8,10-13,15-17,19H2,1H3,(H2,29,34)(H,30,33). The lowest BCUT2D eigenvalue weighted by Gasteiger charge is -2.40. The van der Waals surface area contributed by atoms with Crippen LogP contribution < -0.4 is 11.1 Å². The van der Waals surface area contributed by atoms with Gasteiger partial charge in [-0.15, -0.1) is 0 Å². The summed E-state index contributed by atoms with van der Waals surface area (Å²) in [4.78, 5) is 29.8. The fourth-order valence-corrected chi connectivity index (χ4v) is 6.09. The molecule has 3 unspecified atom stereocenters. The summed E-state index contributed by atoms with van der Waals surface area (Å²) >= 11 is 0. The van der Waals surface area contributed by atoms with Gasteiger partial charge in [-0.05, 0) is 31.2 Å². The lowest BCUT2D eigenvalue weighted by atomic mass is 9.79. The van der Waals surface area contributed by atoms with Crippen molar-refractivity contribution in [3.8, 4) is 6.07 Å². The zero-order valence-electron chi connectivity index (χ0n) is 20.9. The molecule has 2 saturated heterocycles. The van der Waals surface area contributed by atoms with E-state index in [2.05, 4.69) is 41.4 Å². The number of carbonyl (C=O) groups is 2. The molecule has 35 heavy (non-hydrogen) atoms.